The SMILES string of the molecule is CN=C(NCCCN1CCC(C)CC1)NCC1(NC(C)c2ccccc2)CCOCC1. The lowest BCUT2D eigenvalue weighted by atomic mass is 9.88. The van der Waals surface area contributed by atoms with Crippen LogP contribution in [0.3, 0.4) is 0 Å². The standard InChI is InChI=1S/C25H43N5O/c1-21-10-16-30(17-11-21)15-7-14-27-24(26-3)28-20-25(12-18-31-19-13-25)29-22(2)23-8-5-4-6-9-23/h4-6,8-9,21-22,29H,7,10-20H2,1-3H3,(H2,26,27,28). The second kappa shape index (κ2) is 12.4. The molecule has 2 fully saturated rings. The first kappa shape index (κ1) is 24.0. The van der Waals surface area contributed by atoms with Crippen molar-refractivity contribution in [3.63, 3.8) is 0 Å². The Labute approximate surface area is 189 Å². The molecule has 2 aliphatic heterocycles. The van der Waals surface area contributed by atoms with Gasteiger partial charge in [0, 0.05) is 44.9 Å². The first-order chi connectivity index (χ1) is 15.1. The summed E-state index contributed by atoms with van der Waals surface area (Å²) in [5.41, 5.74) is 1.33. The fraction of sp³-hybridized carbons (Fsp3) is 0.720. The third kappa shape index (κ3) is 7.78. The van der Waals surface area contributed by atoms with Crippen molar-refractivity contribution in [2.45, 2.75) is 57.5 Å². The van der Waals surface area contributed by atoms with Gasteiger partial charge in [-0.25, -0.2) is 0 Å². The van der Waals surface area contributed by atoms with Gasteiger partial charge >= 0.3 is 0 Å². The van der Waals surface area contributed by atoms with Crippen LogP contribution in [0.4, 0.5) is 0 Å². The van der Waals surface area contributed by atoms with E-state index in [9.17, 15) is 0 Å². The molecule has 2 heterocycles. The molecule has 0 aliphatic carbocycles. The Bertz CT molecular complexity index is 651. The van der Waals surface area contributed by atoms with Gasteiger partial charge in [-0.15, -0.1) is 0 Å². The molecule has 1 unspecified atom stereocenters. The van der Waals surface area contributed by atoms with Gasteiger partial charge < -0.3 is 25.6 Å². The zero-order valence-corrected chi connectivity index (χ0v) is 19.8. The number of nitrogens with zero attached hydrogens (tertiary/aromatic N) is 2. The molecule has 3 N–H and O–H groups in total. The van der Waals surface area contributed by atoms with Gasteiger partial charge in [-0.05, 0) is 70.1 Å². The van der Waals surface area contributed by atoms with E-state index in [2.05, 4.69) is 70.0 Å². The van der Waals surface area contributed by atoms with Gasteiger partial charge in [-0.3, -0.25) is 4.99 Å². The smallest absolute Gasteiger partial charge is 0.191 e. The molecule has 2 aliphatic rings. The van der Waals surface area contributed by atoms with Crippen molar-refractivity contribution in [2.75, 3.05) is 53.0 Å². The molecule has 0 saturated carbocycles. The van der Waals surface area contributed by atoms with Gasteiger partial charge in [-0.2, -0.15) is 0 Å². The lowest BCUT2D eigenvalue weighted by Gasteiger charge is -2.41. The van der Waals surface area contributed by atoms with Crippen LogP contribution in [0.5, 0.6) is 0 Å². The molecule has 1 atom stereocenters. The van der Waals surface area contributed by atoms with Crippen molar-refractivity contribution < 1.29 is 4.74 Å². The molecule has 1 aromatic rings. The Morgan fingerprint density at radius 1 is 1.16 bits per heavy atom. The van der Waals surface area contributed by atoms with Crippen LogP contribution < -0.4 is 16.0 Å². The van der Waals surface area contributed by atoms with E-state index < -0.39 is 0 Å². The fourth-order valence-corrected chi connectivity index (χ4v) is 4.69. The maximum atomic E-state index is 5.67. The number of piperidine rings is 1. The Morgan fingerprint density at radius 2 is 1.87 bits per heavy atom. The third-order valence-electron chi connectivity index (χ3n) is 6.91. The van der Waals surface area contributed by atoms with Gasteiger partial charge in [0.15, 0.2) is 5.96 Å². The number of ether oxygens (including phenoxy) is 1. The van der Waals surface area contributed by atoms with Gasteiger partial charge in [0.05, 0.1) is 0 Å². The van der Waals surface area contributed by atoms with Crippen molar-refractivity contribution in [2.24, 2.45) is 10.9 Å². The minimum atomic E-state index is 0.00955. The number of rotatable bonds is 9. The maximum absolute atomic E-state index is 5.67. The van der Waals surface area contributed by atoms with Crippen LogP contribution in [-0.2, 0) is 4.74 Å². The summed E-state index contributed by atoms with van der Waals surface area (Å²) in [7, 11) is 1.86. The van der Waals surface area contributed by atoms with E-state index in [0.29, 0.717) is 6.04 Å². The largest absolute Gasteiger partial charge is 0.381 e. The highest BCUT2D eigenvalue weighted by atomic mass is 16.5. The average Bonchev–Trinajstić information content (AvgIpc) is 2.81. The van der Waals surface area contributed by atoms with E-state index in [-0.39, 0.29) is 5.54 Å². The summed E-state index contributed by atoms with van der Waals surface area (Å²) in [6.45, 7) is 11.7. The number of hydrogen-bond donors (Lipinski definition) is 3. The topological polar surface area (TPSA) is 60.9 Å². The summed E-state index contributed by atoms with van der Waals surface area (Å²) in [4.78, 5) is 7.06. The van der Waals surface area contributed by atoms with Crippen LogP contribution >= 0.6 is 0 Å². The van der Waals surface area contributed by atoms with E-state index in [1.165, 1.54) is 38.0 Å². The number of nitrogens with one attached hydrogen (secondary N) is 3. The van der Waals surface area contributed by atoms with Gasteiger partial charge in [-0.1, -0.05) is 37.3 Å². The van der Waals surface area contributed by atoms with Gasteiger partial charge in [0.1, 0.15) is 0 Å². The molecule has 1 aromatic carbocycles. The highest BCUT2D eigenvalue weighted by Crippen LogP contribution is 2.25. The molecule has 0 amide bonds. The predicted octanol–water partition coefficient (Wildman–Crippen LogP) is 3.17. The molecule has 3 rings (SSSR count). The molecule has 6 nitrogen and oxygen atoms in total. The summed E-state index contributed by atoms with van der Waals surface area (Å²) in [5, 5.41) is 11.0. The number of guanidine groups is 1. The number of likely N-dealkylation sites (tertiary alicyclic amines) is 1. The predicted molar refractivity (Wildman–Crippen MR) is 130 cm³/mol. The highest BCUT2D eigenvalue weighted by Gasteiger charge is 2.34. The highest BCUT2D eigenvalue weighted by molar-refractivity contribution is 5.79. The molecule has 174 valence electrons. The number of hydrogen-bond acceptors (Lipinski definition) is 4. The summed E-state index contributed by atoms with van der Waals surface area (Å²) in [5.74, 6) is 1.79. The van der Waals surface area contributed by atoms with E-state index in [1.807, 2.05) is 7.05 Å². The monoisotopic (exact) mass is 429 g/mol. The zero-order valence-electron chi connectivity index (χ0n) is 19.8. The van der Waals surface area contributed by atoms with Crippen LogP contribution in [0.15, 0.2) is 35.3 Å². The average molecular weight is 430 g/mol. The number of benzene rings is 1. The molecule has 31 heavy (non-hydrogen) atoms. The van der Waals surface area contributed by atoms with Gasteiger partial charge in [0.25, 0.3) is 0 Å². The first-order valence-corrected chi connectivity index (χ1v) is 12.2. The third-order valence-corrected chi connectivity index (χ3v) is 6.91. The van der Waals surface area contributed by atoms with E-state index in [4.69, 9.17) is 4.74 Å². The summed E-state index contributed by atoms with van der Waals surface area (Å²) < 4.78 is 5.67. The molecular weight excluding hydrogens is 386 g/mol. The van der Waals surface area contributed by atoms with Crippen LogP contribution in [0.1, 0.15) is 57.6 Å². The molecule has 0 spiro atoms. The van der Waals surface area contributed by atoms with Crippen molar-refractivity contribution >= 4 is 5.96 Å². The van der Waals surface area contributed by atoms with Gasteiger partial charge in [0.2, 0.25) is 0 Å². The van der Waals surface area contributed by atoms with Crippen LogP contribution in [-0.4, -0.2) is 69.4 Å². The van der Waals surface area contributed by atoms with E-state index in [0.717, 1.165) is 57.4 Å². The zero-order chi connectivity index (χ0) is 21.9. The summed E-state index contributed by atoms with van der Waals surface area (Å²) in [6.07, 6.45) is 5.84. The molecule has 0 bridgehead atoms. The quantitative estimate of drug-likeness (QED) is 0.320. The second-order valence-electron chi connectivity index (χ2n) is 9.40. The van der Waals surface area contributed by atoms with Crippen LogP contribution in [0.25, 0.3) is 0 Å². The molecule has 2 saturated heterocycles. The summed E-state index contributed by atoms with van der Waals surface area (Å²) >= 11 is 0. The molecule has 0 radical (unpaired) electrons. The molecule has 6 heteroatoms. The fourth-order valence-electron chi connectivity index (χ4n) is 4.69. The van der Waals surface area contributed by atoms with Crippen LogP contribution in [0.2, 0.25) is 0 Å². The van der Waals surface area contributed by atoms with Crippen molar-refractivity contribution in [1.29, 1.82) is 0 Å². The normalized spacial score (nSPS) is 21.6. The lowest BCUT2D eigenvalue weighted by molar-refractivity contribution is 0.0355. The van der Waals surface area contributed by atoms with Crippen molar-refractivity contribution in [1.82, 2.24) is 20.9 Å². The number of aliphatic imine (C=N–C) groups is 1. The Morgan fingerprint density at radius 3 is 2.55 bits per heavy atom. The minimum Gasteiger partial charge on any atom is -0.381 e. The lowest BCUT2D eigenvalue weighted by Crippen LogP contribution is -2.58. The summed E-state index contributed by atoms with van der Waals surface area (Å²) in [6, 6.07) is 11.0. The van der Waals surface area contributed by atoms with E-state index >= 15 is 0 Å². The second-order valence-corrected chi connectivity index (χ2v) is 9.40. The molecule has 0 aromatic heterocycles. The Hall–Kier alpha value is -1.63. The van der Waals surface area contributed by atoms with Crippen LogP contribution in [0, 0.1) is 5.92 Å². The Kier molecular flexibility index (Phi) is 9.62. The molecular formula is C25H43N5O. The van der Waals surface area contributed by atoms with Crippen molar-refractivity contribution in [3.05, 3.63) is 35.9 Å². The van der Waals surface area contributed by atoms with E-state index in [1.54, 1.807) is 0 Å². The van der Waals surface area contributed by atoms with Crippen molar-refractivity contribution in [3.8, 4) is 0 Å². The Balaban J connectivity index is 1.44. The maximum Gasteiger partial charge on any atom is 0.191 e. The minimum absolute atomic E-state index is 0.00955. The first-order valence-electron chi connectivity index (χ1n) is 12.2.